The lowest BCUT2D eigenvalue weighted by molar-refractivity contribution is -0.124. The van der Waals surface area contributed by atoms with Gasteiger partial charge in [0, 0.05) is 12.1 Å². The van der Waals surface area contributed by atoms with Gasteiger partial charge < -0.3 is 11.1 Å². The first-order valence-corrected chi connectivity index (χ1v) is 8.82. The molecule has 0 radical (unpaired) electrons. The van der Waals surface area contributed by atoms with Crippen LogP contribution in [0.1, 0.15) is 65.2 Å². The molecule has 0 spiro atoms. The molecule has 0 bridgehead atoms. The summed E-state index contributed by atoms with van der Waals surface area (Å²) < 4.78 is 0. The third-order valence-electron chi connectivity index (χ3n) is 5.30. The van der Waals surface area contributed by atoms with Gasteiger partial charge in [0.1, 0.15) is 0 Å². The van der Waals surface area contributed by atoms with Crippen LogP contribution in [0, 0.1) is 17.8 Å². The zero-order chi connectivity index (χ0) is 15.2. The summed E-state index contributed by atoms with van der Waals surface area (Å²) in [6.07, 6.45) is 13.4. The second kappa shape index (κ2) is 7.98. The minimum absolute atomic E-state index is 0.0327. The Hall–Kier alpha value is -0.830. The molecular formula is C18H32N2O. The van der Waals surface area contributed by atoms with Crippen LogP contribution in [0.2, 0.25) is 0 Å². The van der Waals surface area contributed by atoms with Crippen LogP contribution in [0.15, 0.2) is 12.2 Å². The Morgan fingerprint density at radius 2 is 2.10 bits per heavy atom. The lowest BCUT2D eigenvalue weighted by Gasteiger charge is -2.24. The minimum Gasteiger partial charge on any atom is -0.353 e. The number of carbonyl (C=O) groups excluding carboxylic acids is 1. The van der Waals surface area contributed by atoms with Gasteiger partial charge in [-0.15, -0.1) is 0 Å². The van der Waals surface area contributed by atoms with Crippen LogP contribution in [0.5, 0.6) is 0 Å². The zero-order valence-electron chi connectivity index (χ0n) is 13.7. The molecule has 0 heterocycles. The molecule has 4 unspecified atom stereocenters. The predicted octanol–water partition coefficient (Wildman–Crippen LogP) is 3.39. The molecule has 0 aromatic heterocycles. The summed E-state index contributed by atoms with van der Waals surface area (Å²) in [4.78, 5) is 12.3. The van der Waals surface area contributed by atoms with Crippen LogP contribution in [-0.2, 0) is 4.79 Å². The summed E-state index contributed by atoms with van der Waals surface area (Å²) in [5.41, 5.74) is 5.83. The van der Waals surface area contributed by atoms with Crippen LogP contribution in [0.3, 0.4) is 0 Å². The number of nitrogens with one attached hydrogen (secondary N) is 1. The molecule has 2 aliphatic carbocycles. The van der Waals surface area contributed by atoms with Crippen molar-refractivity contribution in [2.45, 2.75) is 77.3 Å². The molecule has 1 fully saturated rings. The fourth-order valence-electron chi connectivity index (χ4n) is 3.77. The van der Waals surface area contributed by atoms with E-state index in [0.29, 0.717) is 6.04 Å². The van der Waals surface area contributed by atoms with Gasteiger partial charge in [0.2, 0.25) is 5.91 Å². The number of amides is 1. The second-order valence-electron chi connectivity index (χ2n) is 7.21. The Bertz CT molecular complexity index is 366. The molecular weight excluding hydrogens is 260 g/mol. The van der Waals surface area contributed by atoms with Gasteiger partial charge in [0.15, 0.2) is 0 Å². The van der Waals surface area contributed by atoms with Gasteiger partial charge in [-0.05, 0) is 50.4 Å². The fraction of sp³-hybridized carbons (Fsp3) is 0.833. The number of hydrogen-bond acceptors (Lipinski definition) is 2. The SMILES string of the molecule is CCC(CCC1CCC(C)C1)NC(=O)C1C=C[C@H](N)CC1. The summed E-state index contributed by atoms with van der Waals surface area (Å²) in [6.45, 7) is 4.54. The maximum absolute atomic E-state index is 12.3. The first kappa shape index (κ1) is 16.5. The van der Waals surface area contributed by atoms with Crippen LogP contribution >= 0.6 is 0 Å². The van der Waals surface area contributed by atoms with Crippen LogP contribution in [0.4, 0.5) is 0 Å². The van der Waals surface area contributed by atoms with Crippen LogP contribution < -0.4 is 11.1 Å². The van der Waals surface area contributed by atoms with E-state index in [1.165, 1.54) is 25.7 Å². The van der Waals surface area contributed by atoms with E-state index in [1.807, 2.05) is 12.2 Å². The Balaban J connectivity index is 1.73. The normalized spacial score (nSPS) is 33.9. The predicted molar refractivity (Wildman–Crippen MR) is 87.8 cm³/mol. The number of rotatable bonds is 6. The Labute approximate surface area is 129 Å². The van der Waals surface area contributed by atoms with Gasteiger partial charge in [0.05, 0.1) is 5.92 Å². The molecule has 0 aliphatic heterocycles. The van der Waals surface area contributed by atoms with E-state index in [9.17, 15) is 4.79 Å². The zero-order valence-corrected chi connectivity index (χ0v) is 13.7. The van der Waals surface area contributed by atoms with Gasteiger partial charge in [0.25, 0.3) is 0 Å². The monoisotopic (exact) mass is 292 g/mol. The first-order valence-electron chi connectivity index (χ1n) is 8.82. The molecule has 5 atom stereocenters. The van der Waals surface area contributed by atoms with Crippen molar-refractivity contribution in [2.24, 2.45) is 23.5 Å². The van der Waals surface area contributed by atoms with E-state index < -0.39 is 0 Å². The summed E-state index contributed by atoms with van der Waals surface area (Å²) in [7, 11) is 0. The van der Waals surface area contributed by atoms with Crippen LogP contribution in [0.25, 0.3) is 0 Å². The van der Waals surface area contributed by atoms with E-state index in [2.05, 4.69) is 19.2 Å². The van der Waals surface area contributed by atoms with E-state index >= 15 is 0 Å². The minimum atomic E-state index is 0.0327. The Morgan fingerprint density at radius 1 is 1.29 bits per heavy atom. The van der Waals surface area contributed by atoms with Crippen molar-refractivity contribution >= 4 is 5.91 Å². The van der Waals surface area contributed by atoms with Gasteiger partial charge >= 0.3 is 0 Å². The molecule has 1 amide bonds. The van der Waals surface area contributed by atoms with Crippen molar-refractivity contribution in [1.82, 2.24) is 5.32 Å². The van der Waals surface area contributed by atoms with Gasteiger partial charge in [-0.1, -0.05) is 38.8 Å². The third kappa shape index (κ3) is 5.14. The standard InChI is InChI=1S/C18H32N2O/c1-3-17(11-6-14-5-4-13(2)12-14)20-18(21)15-7-9-16(19)10-8-15/h7,9,13-17H,3-6,8,10-12,19H2,1-2H3,(H,20,21)/t13?,14?,15?,16-,17?/m0/s1. The van der Waals surface area contributed by atoms with Crippen molar-refractivity contribution < 1.29 is 4.79 Å². The smallest absolute Gasteiger partial charge is 0.227 e. The third-order valence-corrected chi connectivity index (χ3v) is 5.30. The van der Waals surface area contributed by atoms with Crippen LogP contribution in [-0.4, -0.2) is 18.0 Å². The van der Waals surface area contributed by atoms with Crippen molar-refractivity contribution in [1.29, 1.82) is 0 Å². The number of carbonyl (C=O) groups is 1. The van der Waals surface area contributed by atoms with Crippen molar-refractivity contribution in [3.05, 3.63) is 12.2 Å². The van der Waals surface area contributed by atoms with E-state index in [1.54, 1.807) is 0 Å². The van der Waals surface area contributed by atoms with E-state index in [0.717, 1.165) is 37.5 Å². The van der Waals surface area contributed by atoms with Gasteiger partial charge in [-0.2, -0.15) is 0 Å². The lowest BCUT2D eigenvalue weighted by atomic mass is 9.91. The van der Waals surface area contributed by atoms with Gasteiger partial charge in [-0.3, -0.25) is 4.79 Å². The first-order chi connectivity index (χ1) is 10.1. The van der Waals surface area contributed by atoms with Crippen molar-refractivity contribution in [3.63, 3.8) is 0 Å². The molecule has 3 nitrogen and oxygen atoms in total. The van der Waals surface area contributed by atoms with Crippen molar-refractivity contribution in [2.75, 3.05) is 0 Å². The van der Waals surface area contributed by atoms with E-state index in [-0.39, 0.29) is 17.9 Å². The van der Waals surface area contributed by atoms with Gasteiger partial charge in [-0.25, -0.2) is 0 Å². The Morgan fingerprint density at radius 3 is 2.67 bits per heavy atom. The summed E-state index contributed by atoms with van der Waals surface area (Å²) in [5.74, 6) is 2.02. The molecule has 2 rings (SSSR count). The molecule has 1 saturated carbocycles. The van der Waals surface area contributed by atoms with Crippen molar-refractivity contribution in [3.8, 4) is 0 Å². The topological polar surface area (TPSA) is 55.1 Å². The highest BCUT2D eigenvalue weighted by atomic mass is 16.1. The number of nitrogens with two attached hydrogens (primary N) is 1. The molecule has 2 aliphatic rings. The molecule has 21 heavy (non-hydrogen) atoms. The maximum atomic E-state index is 12.3. The summed E-state index contributed by atoms with van der Waals surface area (Å²) in [6, 6.07) is 0.484. The highest BCUT2D eigenvalue weighted by molar-refractivity contribution is 5.80. The highest BCUT2D eigenvalue weighted by Crippen LogP contribution is 2.33. The lowest BCUT2D eigenvalue weighted by Crippen LogP contribution is -2.39. The quantitative estimate of drug-likeness (QED) is 0.737. The second-order valence-corrected chi connectivity index (χ2v) is 7.21. The summed E-state index contributed by atoms with van der Waals surface area (Å²) in [5, 5.41) is 3.26. The summed E-state index contributed by atoms with van der Waals surface area (Å²) >= 11 is 0. The molecule has 0 aromatic carbocycles. The molecule has 0 saturated heterocycles. The fourth-order valence-corrected chi connectivity index (χ4v) is 3.77. The molecule has 120 valence electrons. The molecule has 0 aromatic rings. The average molecular weight is 292 g/mol. The van der Waals surface area contributed by atoms with E-state index in [4.69, 9.17) is 5.73 Å². The number of hydrogen-bond donors (Lipinski definition) is 2. The largest absolute Gasteiger partial charge is 0.353 e. The molecule has 3 N–H and O–H groups in total. The maximum Gasteiger partial charge on any atom is 0.227 e. The average Bonchev–Trinajstić information content (AvgIpc) is 2.89. The Kier molecular flexibility index (Phi) is 6.28. The molecule has 3 heteroatoms. The highest BCUT2D eigenvalue weighted by Gasteiger charge is 2.24.